The molecule has 0 spiro atoms. The highest BCUT2D eigenvalue weighted by molar-refractivity contribution is 5.89. The first-order valence-electron chi connectivity index (χ1n) is 8.59. The Bertz CT molecular complexity index is 724. The first-order valence-corrected chi connectivity index (χ1v) is 8.59. The third-order valence-corrected chi connectivity index (χ3v) is 3.49. The zero-order valence-electron chi connectivity index (χ0n) is 15.9. The molecular formula is C17H25F3N6O4. The maximum absolute atomic E-state index is 12.0. The predicted octanol–water partition coefficient (Wildman–Crippen LogP) is -0.787. The summed E-state index contributed by atoms with van der Waals surface area (Å²) in [6, 6.07) is 7.74. The lowest BCUT2D eigenvalue weighted by molar-refractivity contribution is -0.192. The summed E-state index contributed by atoms with van der Waals surface area (Å²) in [7, 11) is 0. The number of nitrogens with zero attached hydrogens (tertiary/aromatic N) is 1. The number of rotatable bonds is 9. The fraction of sp³-hybridized carbons (Fsp3) is 0.412. The number of alkyl halides is 3. The van der Waals surface area contributed by atoms with Crippen LogP contribution in [0.1, 0.15) is 18.4 Å². The second-order valence-corrected chi connectivity index (χ2v) is 6.01. The van der Waals surface area contributed by atoms with Crippen LogP contribution in [0.5, 0.6) is 0 Å². The van der Waals surface area contributed by atoms with Crippen molar-refractivity contribution < 1.29 is 32.7 Å². The van der Waals surface area contributed by atoms with Crippen LogP contribution in [0.2, 0.25) is 0 Å². The average Bonchev–Trinajstić information content (AvgIpc) is 2.64. The van der Waals surface area contributed by atoms with Crippen molar-refractivity contribution in [2.75, 3.05) is 6.54 Å². The number of hydrogen-bond donors (Lipinski definition) is 6. The molecule has 0 aromatic heterocycles. The van der Waals surface area contributed by atoms with E-state index < -0.39 is 36.0 Å². The SMILES string of the molecule is NC(=O)[C@H](Cc1ccccc1)NC(=O)[C@H](N)CCCN=C(N)N.O=C(O)C(F)(F)F. The number of aliphatic carboxylic acids is 1. The van der Waals surface area contributed by atoms with Gasteiger partial charge in [-0.05, 0) is 18.4 Å². The highest BCUT2D eigenvalue weighted by Crippen LogP contribution is 2.13. The number of carbonyl (C=O) groups is 3. The quantitative estimate of drug-likeness (QED) is 0.166. The number of guanidine groups is 1. The number of carboxylic acids is 1. The fourth-order valence-electron chi connectivity index (χ4n) is 2.00. The molecule has 0 aliphatic rings. The highest BCUT2D eigenvalue weighted by atomic mass is 19.4. The lowest BCUT2D eigenvalue weighted by Gasteiger charge is -2.18. The van der Waals surface area contributed by atoms with Crippen LogP contribution in [0.25, 0.3) is 0 Å². The molecule has 10 nitrogen and oxygen atoms in total. The van der Waals surface area contributed by atoms with Crippen LogP contribution >= 0.6 is 0 Å². The van der Waals surface area contributed by atoms with Gasteiger partial charge in [0.1, 0.15) is 6.04 Å². The van der Waals surface area contributed by atoms with Crippen LogP contribution in [-0.2, 0) is 20.8 Å². The third-order valence-electron chi connectivity index (χ3n) is 3.49. The number of halogens is 3. The van der Waals surface area contributed by atoms with Crippen LogP contribution in [0, 0.1) is 0 Å². The molecule has 30 heavy (non-hydrogen) atoms. The minimum Gasteiger partial charge on any atom is -0.475 e. The van der Waals surface area contributed by atoms with E-state index in [2.05, 4.69) is 10.3 Å². The van der Waals surface area contributed by atoms with E-state index >= 15 is 0 Å². The van der Waals surface area contributed by atoms with Crippen molar-refractivity contribution in [3.63, 3.8) is 0 Å². The van der Waals surface area contributed by atoms with E-state index in [-0.39, 0.29) is 5.96 Å². The number of nitrogens with one attached hydrogen (secondary N) is 1. The zero-order chi connectivity index (χ0) is 23.3. The van der Waals surface area contributed by atoms with E-state index in [0.717, 1.165) is 5.56 Å². The lowest BCUT2D eigenvalue weighted by atomic mass is 10.0. The Morgan fingerprint density at radius 1 is 1.10 bits per heavy atom. The Hall–Kier alpha value is -3.35. The van der Waals surface area contributed by atoms with Crippen LogP contribution in [0.3, 0.4) is 0 Å². The van der Waals surface area contributed by atoms with Gasteiger partial charge in [-0.3, -0.25) is 14.6 Å². The summed E-state index contributed by atoms with van der Waals surface area (Å²) < 4.78 is 31.7. The molecule has 1 aromatic carbocycles. The van der Waals surface area contributed by atoms with Gasteiger partial charge in [-0.2, -0.15) is 13.2 Å². The zero-order valence-corrected chi connectivity index (χ0v) is 15.9. The first-order chi connectivity index (χ1) is 13.8. The van der Waals surface area contributed by atoms with Crippen molar-refractivity contribution in [2.45, 2.75) is 37.5 Å². The molecule has 168 valence electrons. The van der Waals surface area contributed by atoms with Crippen molar-refractivity contribution >= 4 is 23.7 Å². The molecule has 0 saturated heterocycles. The molecule has 2 amide bonds. The number of aliphatic imine (C=N–C) groups is 1. The molecule has 0 saturated carbocycles. The summed E-state index contributed by atoms with van der Waals surface area (Å²) >= 11 is 0. The maximum Gasteiger partial charge on any atom is 0.490 e. The summed E-state index contributed by atoms with van der Waals surface area (Å²) in [6.45, 7) is 0.395. The van der Waals surface area contributed by atoms with Crippen molar-refractivity contribution in [3.05, 3.63) is 35.9 Å². The summed E-state index contributed by atoms with van der Waals surface area (Å²) in [5.41, 5.74) is 22.5. The number of carbonyl (C=O) groups excluding carboxylic acids is 2. The lowest BCUT2D eigenvalue weighted by Crippen LogP contribution is -2.51. The van der Waals surface area contributed by atoms with E-state index in [1.807, 2.05) is 30.3 Å². The molecule has 10 N–H and O–H groups in total. The van der Waals surface area contributed by atoms with Crippen LogP contribution in [0.15, 0.2) is 35.3 Å². The van der Waals surface area contributed by atoms with Crippen molar-refractivity contribution in [1.82, 2.24) is 5.32 Å². The molecule has 0 aliphatic heterocycles. The van der Waals surface area contributed by atoms with Crippen molar-refractivity contribution in [3.8, 4) is 0 Å². The number of amides is 2. The molecule has 0 aliphatic carbocycles. The topological polar surface area (TPSA) is 200 Å². The number of hydrogen-bond acceptors (Lipinski definition) is 5. The van der Waals surface area contributed by atoms with E-state index in [0.29, 0.717) is 25.8 Å². The van der Waals surface area contributed by atoms with E-state index in [4.69, 9.17) is 32.8 Å². The van der Waals surface area contributed by atoms with Gasteiger partial charge in [0.25, 0.3) is 0 Å². The molecule has 1 rings (SSSR count). The second kappa shape index (κ2) is 13.0. The third kappa shape index (κ3) is 12.2. The largest absolute Gasteiger partial charge is 0.490 e. The standard InChI is InChI=1S/C15H24N6O2.C2HF3O2/c16-11(7-4-8-20-15(18)19)14(23)21-12(13(17)22)9-10-5-2-1-3-6-10;3-2(4,5)1(6)7/h1-3,5-6,11-12H,4,7-9,16H2,(H2,17,22)(H,21,23)(H4,18,19,20);(H,6,7)/t11-,12+;/m1./s1. The smallest absolute Gasteiger partial charge is 0.475 e. The summed E-state index contributed by atoms with van der Waals surface area (Å²) in [4.78, 5) is 36.3. The van der Waals surface area contributed by atoms with Gasteiger partial charge in [0.05, 0.1) is 6.04 Å². The Balaban J connectivity index is 0.00000103. The Morgan fingerprint density at radius 3 is 2.07 bits per heavy atom. The second-order valence-electron chi connectivity index (χ2n) is 6.01. The molecular weight excluding hydrogens is 409 g/mol. The summed E-state index contributed by atoms with van der Waals surface area (Å²) in [5, 5.41) is 9.72. The van der Waals surface area contributed by atoms with Crippen molar-refractivity contribution in [2.24, 2.45) is 27.9 Å². The van der Waals surface area contributed by atoms with Crippen molar-refractivity contribution in [1.29, 1.82) is 0 Å². The maximum atomic E-state index is 12.0. The van der Waals surface area contributed by atoms with Gasteiger partial charge in [-0.15, -0.1) is 0 Å². The van der Waals surface area contributed by atoms with Gasteiger partial charge < -0.3 is 33.4 Å². The van der Waals surface area contributed by atoms with Gasteiger partial charge in [-0.1, -0.05) is 30.3 Å². The van der Waals surface area contributed by atoms with E-state index in [1.165, 1.54) is 0 Å². The molecule has 13 heteroatoms. The van der Waals surface area contributed by atoms with Gasteiger partial charge in [0, 0.05) is 13.0 Å². The Kier molecular flexibility index (Phi) is 11.5. The van der Waals surface area contributed by atoms with Crippen LogP contribution in [0.4, 0.5) is 13.2 Å². The molecule has 1 aromatic rings. The molecule has 0 radical (unpaired) electrons. The number of nitrogens with two attached hydrogens (primary N) is 4. The molecule has 0 bridgehead atoms. The fourth-order valence-corrected chi connectivity index (χ4v) is 2.00. The Morgan fingerprint density at radius 2 is 1.63 bits per heavy atom. The molecule has 0 heterocycles. The van der Waals surface area contributed by atoms with Crippen LogP contribution < -0.4 is 28.3 Å². The highest BCUT2D eigenvalue weighted by Gasteiger charge is 2.38. The summed E-state index contributed by atoms with van der Waals surface area (Å²) in [5.74, 6) is -3.78. The van der Waals surface area contributed by atoms with Crippen LogP contribution in [-0.4, -0.2) is 53.7 Å². The van der Waals surface area contributed by atoms with E-state index in [9.17, 15) is 22.8 Å². The minimum atomic E-state index is -5.08. The number of benzene rings is 1. The predicted molar refractivity (Wildman–Crippen MR) is 103 cm³/mol. The van der Waals surface area contributed by atoms with E-state index in [1.54, 1.807) is 0 Å². The van der Waals surface area contributed by atoms with Gasteiger partial charge >= 0.3 is 12.1 Å². The van der Waals surface area contributed by atoms with Gasteiger partial charge in [-0.25, -0.2) is 4.79 Å². The summed E-state index contributed by atoms with van der Waals surface area (Å²) in [6.07, 6.45) is -3.80. The molecule has 0 fully saturated rings. The monoisotopic (exact) mass is 434 g/mol. The number of carboxylic acid groups (broad SMARTS) is 1. The minimum absolute atomic E-state index is 0.000300. The Labute approximate surface area is 170 Å². The average molecular weight is 434 g/mol. The first kappa shape index (κ1) is 26.6. The normalized spacial score (nSPS) is 12.5. The van der Waals surface area contributed by atoms with Gasteiger partial charge in [0.2, 0.25) is 11.8 Å². The molecule has 2 atom stereocenters. The molecule has 0 unspecified atom stereocenters. The number of primary amides is 1. The van der Waals surface area contributed by atoms with Gasteiger partial charge in [0.15, 0.2) is 5.96 Å².